The number of aryl methyl sites for hydroxylation is 2. The highest BCUT2D eigenvalue weighted by molar-refractivity contribution is 5.21. The minimum Gasteiger partial charge on any atom is -0.316 e. The lowest BCUT2D eigenvalue weighted by Crippen LogP contribution is -2.39. The summed E-state index contributed by atoms with van der Waals surface area (Å²) in [6.45, 7) is 7.84. The van der Waals surface area contributed by atoms with Crippen molar-refractivity contribution in [3.05, 3.63) is 59.7 Å². The molecule has 0 bridgehead atoms. The van der Waals surface area contributed by atoms with Crippen molar-refractivity contribution in [3.8, 4) is 0 Å². The minimum atomic E-state index is 0.769. The van der Waals surface area contributed by atoms with Crippen molar-refractivity contribution in [2.24, 2.45) is 5.92 Å². The summed E-state index contributed by atoms with van der Waals surface area (Å²) in [6, 6.07) is 6.30. The van der Waals surface area contributed by atoms with E-state index in [9.17, 15) is 0 Å². The number of piperidine rings is 1. The Labute approximate surface area is 151 Å². The van der Waals surface area contributed by atoms with Gasteiger partial charge in [0.25, 0.3) is 0 Å². The van der Waals surface area contributed by atoms with Crippen molar-refractivity contribution < 1.29 is 0 Å². The maximum absolute atomic E-state index is 4.23. The van der Waals surface area contributed by atoms with E-state index in [0.717, 1.165) is 32.0 Å². The molecule has 2 aromatic heterocycles. The molecule has 1 N–H and O–H groups in total. The average molecular weight is 338 g/mol. The van der Waals surface area contributed by atoms with Crippen molar-refractivity contribution in [1.82, 2.24) is 20.2 Å². The van der Waals surface area contributed by atoms with E-state index in [1.807, 2.05) is 30.9 Å². The van der Waals surface area contributed by atoms with Gasteiger partial charge in [0.05, 0.1) is 0 Å². The summed E-state index contributed by atoms with van der Waals surface area (Å²) in [5.41, 5.74) is 4.06. The van der Waals surface area contributed by atoms with Gasteiger partial charge in [-0.05, 0) is 87.0 Å². The molecule has 4 nitrogen and oxygen atoms in total. The van der Waals surface area contributed by atoms with Crippen LogP contribution in [0.2, 0.25) is 0 Å². The molecule has 25 heavy (non-hydrogen) atoms. The zero-order valence-corrected chi connectivity index (χ0v) is 15.3. The SMILES string of the molecule is Cc1ccncc1CCCNCC1CCCN(Cc2cccnc2)C1. The fourth-order valence-corrected chi connectivity index (χ4v) is 3.68. The first-order chi connectivity index (χ1) is 12.3. The molecule has 134 valence electrons. The second-order valence-electron chi connectivity index (χ2n) is 7.21. The minimum absolute atomic E-state index is 0.769. The molecule has 1 atom stereocenters. The lowest BCUT2D eigenvalue weighted by atomic mass is 9.97. The number of pyridine rings is 2. The van der Waals surface area contributed by atoms with Gasteiger partial charge in [-0.3, -0.25) is 14.9 Å². The van der Waals surface area contributed by atoms with Gasteiger partial charge in [-0.1, -0.05) is 6.07 Å². The Bertz CT molecular complexity index is 629. The third kappa shape index (κ3) is 5.91. The van der Waals surface area contributed by atoms with Crippen LogP contribution in [0.1, 0.15) is 36.0 Å². The quantitative estimate of drug-likeness (QED) is 0.751. The smallest absolute Gasteiger partial charge is 0.0312 e. The van der Waals surface area contributed by atoms with E-state index in [1.165, 1.54) is 49.0 Å². The molecule has 0 amide bonds. The van der Waals surface area contributed by atoms with E-state index in [4.69, 9.17) is 0 Å². The zero-order chi connectivity index (χ0) is 17.3. The molecule has 4 heteroatoms. The lowest BCUT2D eigenvalue weighted by Gasteiger charge is -2.32. The number of hydrogen-bond donors (Lipinski definition) is 1. The molecular formula is C21H30N4. The molecule has 0 aromatic carbocycles. The predicted octanol–water partition coefficient (Wildman–Crippen LogP) is 3.22. The number of nitrogens with one attached hydrogen (secondary N) is 1. The summed E-state index contributed by atoms with van der Waals surface area (Å²) in [7, 11) is 0. The monoisotopic (exact) mass is 338 g/mol. The van der Waals surface area contributed by atoms with Crippen LogP contribution in [0.25, 0.3) is 0 Å². The fraction of sp³-hybridized carbons (Fsp3) is 0.524. The Morgan fingerprint density at radius 1 is 1.20 bits per heavy atom. The van der Waals surface area contributed by atoms with Gasteiger partial charge in [-0.2, -0.15) is 0 Å². The van der Waals surface area contributed by atoms with Crippen molar-refractivity contribution in [2.75, 3.05) is 26.2 Å². The molecule has 3 rings (SSSR count). The zero-order valence-electron chi connectivity index (χ0n) is 15.3. The van der Waals surface area contributed by atoms with E-state index in [1.54, 1.807) is 0 Å². The second-order valence-corrected chi connectivity index (χ2v) is 7.21. The topological polar surface area (TPSA) is 41.1 Å². The van der Waals surface area contributed by atoms with E-state index in [-0.39, 0.29) is 0 Å². The van der Waals surface area contributed by atoms with E-state index in [2.05, 4.69) is 39.2 Å². The Morgan fingerprint density at radius 3 is 2.96 bits per heavy atom. The summed E-state index contributed by atoms with van der Waals surface area (Å²) < 4.78 is 0. The van der Waals surface area contributed by atoms with Gasteiger partial charge in [-0.15, -0.1) is 0 Å². The van der Waals surface area contributed by atoms with Gasteiger partial charge < -0.3 is 5.32 Å². The van der Waals surface area contributed by atoms with Gasteiger partial charge in [0.15, 0.2) is 0 Å². The molecule has 3 heterocycles. The van der Waals surface area contributed by atoms with Crippen molar-refractivity contribution in [1.29, 1.82) is 0 Å². The van der Waals surface area contributed by atoms with Crippen LogP contribution in [0.15, 0.2) is 43.0 Å². The van der Waals surface area contributed by atoms with Gasteiger partial charge in [0, 0.05) is 37.9 Å². The maximum Gasteiger partial charge on any atom is 0.0312 e. The largest absolute Gasteiger partial charge is 0.316 e. The molecule has 1 aliphatic heterocycles. The highest BCUT2D eigenvalue weighted by Crippen LogP contribution is 2.18. The Balaban J connectivity index is 1.33. The van der Waals surface area contributed by atoms with Crippen LogP contribution in [0.5, 0.6) is 0 Å². The molecule has 1 saturated heterocycles. The Kier molecular flexibility index (Phi) is 6.95. The Morgan fingerprint density at radius 2 is 2.12 bits per heavy atom. The van der Waals surface area contributed by atoms with Crippen LogP contribution in [-0.2, 0) is 13.0 Å². The normalized spacial score (nSPS) is 18.4. The van der Waals surface area contributed by atoms with E-state index in [0.29, 0.717) is 0 Å². The number of aromatic nitrogens is 2. The first kappa shape index (κ1) is 18.0. The molecule has 0 radical (unpaired) electrons. The summed E-state index contributed by atoms with van der Waals surface area (Å²) in [5.74, 6) is 0.769. The van der Waals surface area contributed by atoms with Crippen molar-refractivity contribution in [2.45, 2.75) is 39.2 Å². The summed E-state index contributed by atoms with van der Waals surface area (Å²) in [4.78, 5) is 11.0. The number of nitrogens with zero attached hydrogens (tertiary/aromatic N) is 3. The summed E-state index contributed by atoms with van der Waals surface area (Å²) >= 11 is 0. The van der Waals surface area contributed by atoms with Crippen LogP contribution >= 0.6 is 0 Å². The van der Waals surface area contributed by atoms with E-state index >= 15 is 0 Å². The van der Waals surface area contributed by atoms with Gasteiger partial charge in [0.1, 0.15) is 0 Å². The summed E-state index contributed by atoms with van der Waals surface area (Å²) in [5, 5.41) is 3.67. The van der Waals surface area contributed by atoms with Crippen LogP contribution in [0.3, 0.4) is 0 Å². The average Bonchev–Trinajstić information content (AvgIpc) is 2.64. The molecule has 2 aromatic rings. The van der Waals surface area contributed by atoms with Crippen molar-refractivity contribution >= 4 is 0 Å². The number of hydrogen-bond acceptors (Lipinski definition) is 4. The number of rotatable bonds is 8. The second kappa shape index (κ2) is 9.64. The highest BCUT2D eigenvalue weighted by Gasteiger charge is 2.19. The highest BCUT2D eigenvalue weighted by atomic mass is 15.1. The standard InChI is InChI=1S/C21H30N4/c1-18-8-11-24-15-21(18)7-3-10-23-14-20-6-4-12-25(17-20)16-19-5-2-9-22-13-19/h2,5,8-9,11,13,15,20,23H,3-4,6-7,10,12,14,16-17H2,1H3. The van der Waals surface area contributed by atoms with Gasteiger partial charge in [0.2, 0.25) is 0 Å². The molecule has 1 fully saturated rings. The fourth-order valence-electron chi connectivity index (χ4n) is 3.68. The van der Waals surface area contributed by atoms with Crippen LogP contribution in [0, 0.1) is 12.8 Å². The van der Waals surface area contributed by atoms with Crippen LogP contribution in [0.4, 0.5) is 0 Å². The van der Waals surface area contributed by atoms with Crippen LogP contribution < -0.4 is 5.32 Å². The van der Waals surface area contributed by atoms with Gasteiger partial charge in [-0.25, -0.2) is 0 Å². The molecule has 0 aliphatic carbocycles. The number of likely N-dealkylation sites (tertiary alicyclic amines) is 1. The third-order valence-corrected chi connectivity index (χ3v) is 5.11. The van der Waals surface area contributed by atoms with E-state index < -0.39 is 0 Å². The third-order valence-electron chi connectivity index (χ3n) is 5.11. The van der Waals surface area contributed by atoms with Crippen molar-refractivity contribution in [3.63, 3.8) is 0 Å². The van der Waals surface area contributed by atoms with Crippen LogP contribution in [-0.4, -0.2) is 41.0 Å². The molecule has 1 aliphatic rings. The molecule has 0 spiro atoms. The molecule has 1 unspecified atom stereocenters. The molecular weight excluding hydrogens is 308 g/mol. The summed E-state index contributed by atoms with van der Waals surface area (Å²) in [6.07, 6.45) is 12.7. The first-order valence-electron chi connectivity index (χ1n) is 9.53. The lowest BCUT2D eigenvalue weighted by molar-refractivity contribution is 0.165. The maximum atomic E-state index is 4.23. The molecule has 0 saturated carbocycles. The predicted molar refractivity (Wildman–Crippen MR) is 102 cm³/mol. The first-order valence-corrected chi connectivity index (χ1v) is 9.53. The van der Waals surface area contributed by atoms with Gasteiger partial charge >= 0.3 is 0 Å². The Hall–Kier alpha value is -1.78.